The highest BCUT2D eigenvalue weighted by Gasteiger charge is 1.95. The van der Waals surface area contributed by atoms with E-state index < -0.39 is 0 Å². The maximum absolute atomic E-state index is 4.24. The first-order valence-corrected chi connectivity index (χ1v) is 3.98. The van der Waals surface area contributed by atoms with Crippen LogP contribution >= 0.6 is 0 Å². The number of pyridine rings is 1. The quantitative estimate of drug-likeness (QED) is 0.631. The molecule has 1 N–H and O–H groups in total. The summed E-state index contributed by atoms with van der Waals surface area (Å²) < 4.78 is 0. The van der Waals surface area contributed by atoms with Crippen molar-refractivity contribution in [3.8, 4) is 0 Å². The van der Waals surface area contributed by atoms with Crippen molar-refractivity contribution >= 4 is 0 Å². The van der Waals surface area contributed by atoms with Gasteiger partial charge >= 0.3 is 0 Å². The molecule has 0 atom stereocenters. The standard InChI is InChI=1S/C9H14N2/c1-11(2)8-6-9-5-3-4-7-10-9/h3-5,7H,6,8H2,1-2H3/p+1. The Hall–Kier alpha value is -0.890. The van der Waals surface area contributed by atoms with Gasteiger partial charge < -0.3 is 4.90 Å². The van der Waals surface area contributed by atoms with Crippen molar-refractivity contribution in [1.29, 1.82) is 0 Å². The Morgan fingerprint density at radius 2 is 2.18 bits per heavy atom. The molecular weight excluding hydrogens is 136 g/mol. The van der Waals surface area contributed by atoms with E-state index in [0.717, 1.165) is 13.0 Å². The average molecular weight is 151 g/mol. The third kappa shape index (κ3) is 3.14. The van der Waals surface area contributed by atoms with Gasteiger partial charge in [0.05, 0.1) is 20.6 Å². The van der Waals surface area contributed by atoms with Crippen LogP contribution in [0.1, 0.15) is 5.69 Å². The van der Waals surface area contributed by atoms with Gasteiger partial charge in [0.15, 0.2) is 0 Å². The second-order valence-corrected chi connectivity index (χ2v) is 3.03. The molecule has 0 spiro atoms. The second-order valence-electron chi connectivity index (χ2n) is 3.03. The molecule has 1 heterocycles. The van der Waals surface area contributed by atoms with Crippen LogP contribution in [0.3, 0.4) is 0 Å². The van der Waals surface area contributed by atoms with Crippen LogP contribution in [0.4, 0.5) is 0 Å². The summed E-state index contributed by atoms with van der Waals surface area (Å²) in [7, 11) is 4.31. The fraction of sp³-hybridized carbons (Fsp3) is 0.444. The summed E-state index contributed by atoms with van der Waals surface area (Å²) in [6.45, 7) is 1.15. The number of likely N-dealkylation sites (N-methyl/N-ethyl adjacent to an activating group) is 1. The van der Waals surface area contributed by atoms with Crippen LogP contribution in [-0.2, 0) is 6.42 Å². The Morgan fingerprint density at radius 1 is 1.36 bits per heavy atom. The summed E-state index contributed by atoms with van der Waals surface area (Å²) in [5, 5.41) is 0. The molecule has 2 nitrogen and oxygen atoms in total. The Morgan fingerprint density at radius 3 is 2.73 bits per heavy atom. The van der Waals surface area contributed by atoms with E-state index in [-0.39, 0.29) is 0 Å². The molecule has 0 unspecified atom stereocenters. The van der Waals surface area contributed by atoms with Crippen molar-refractivity contribution in [3.63, 3.8) is 0 Å². The predicted octanol–water partition coefficient (Wildman–Crippen LogP) is -0.231. The minimum absolute atomic E-state index is 1.07. The normalized spacial score (nSPS) is 10.5. The van der Waals surface area contributed by atoms with Gasteiger partial charge in [-0.15, -0.1) is 0 Å². The lowest BCUT2D eigenvalue weighted by Crippen LogP contribution is -3.06. The summed E-state index contributed by atoms with van der Waals surface area (Å²) >= 11 is 0. The van der Waals surface area contributed by atoms with E-state index in [4.69, 9.17) is 0 Å². The Bertz CT molecular complexity index is 194. The fourth-order valence-corrected chi connectivity index (χ4v) is 0.924. The van der Waals surface area contributed by atoms with Crippen molar-refractivity contribution in [2.24, 2.45) is 0 Å². The van der Waals surface area contributed by atoms with Crippen LogP contribution in [-0.4, -0.2) is 25.6 Å². The highest BCUT2D eigenvalue weighted by molar-refractivity contribution is 5.03. The summed E-state index contributed by atoms with van der Waals surface area (Å²) in [6.07, 6.45) is 2.92. The molecule has 0 saturated carbocycles. The van der Waals surface area contributed by atoms with Crippen molar-refractivity contribution in [3.05, 3.63) is 30.1 Å². The lowest BCUT2D eigenvalue weighted by atomic mass is 10.3. The smallest absolute Gasteiger partial charge is 0.0823 e. The first-order valence-electron chi connectivity index (χ1n) is 3.98. The van der Waals surface area contributed by atoms with Crippen LogP contribution in [0.15, 0.2) is 24.4 Å². The monoisotopic (exact) mass is 151 g/mol. The number of hydrogen-bond donors (Lipinski definition) is 1. The van der Waals surface area contributed by atoms with E-state index in [1.54, 1.807) is 0 Å². The summed E-state index contributed by atoms with van der Waals surface area (Å²) in [4.78, 5) is 5.71. The van der Waals surface area contributed by atoms with Gasteiger partial charge in [0.25, 0.3) is 0 Å². The zero-order chi connectivity index (χ0) is 8.10. The minimum Gasteiger partial charge on any atom is -0.339 e. The van der Waals surface area contributed by atoms with E-state index in [1.165, 1.54) is 10.6 Å². The van der Waals surface area contributed by atoms with Gasteiger partial charge in [0.2, 0.25) is 0 Å². The predicted molar refractivity (Wildman–Crippen MR) is 45.6 cm³/mol. The Kier molecular flexibility index (Phi) is 3.05. The molecule has 1 aromatic heterocycles. The molecule has 0 bridgehead atoms. The number of quaternary nitrogens is 1. The molecule has 0 aliphatic carbocycles. The van der Waals surface area contributed by atoms with Crippen LogP contribution in [0.2, 0.25) is 0 Å². The number of nitrogens with zero attached hydrogens (tertiary/aromatic N) is 1. The van der Waals surface area contributed by atoms with E-state index in [2.05, 4.69) is 25.1 Å². The van der Waals surface area contributed by atoms with E-state index >= 15 is 0 Å². The van der Waals surface area contributed by atoms with Crippen LogP contribution in [0.25, 0.3) is 0 Å². The third-order valence-corrected chi connectivity index (χ3v) is 1.61. The Balaban J connectivity index is 2.39. The number of aromatic nitrogens is 1. The molecule has 0 aliphatic heterocycles. The molecule has 0 saturated heterocycles. The zero-order valence-corrected chi connectivity index (χ0v) is 7.17. The van der Waals surface area contributed by atoms with E-state index in [1.807, 2.05) is 18.3 Å². The first kappa shape index (κ1) is 8.21. The average Bonchev–Trinajstić information content (AvgIpc) is 2.03. The van der Waals surface area contributed by atoms with Gasteiger partial charge in [-0.25, -0.2) is 0 Å². The summed E-state index contributed by atoms with van der Waals surface area (Å²) in [5.74, 6) is 0. The van der Waals surface area contributed by atoms with Crippen LogP contribution < -0.4 is 4.90 Å². The van der Waals surface area contributed by atoms with Crippen LogP contribution in [0.5, 0.6) is 0 Å². The highest BCUT2D eigenvalue weighted by atomic mass is 15.0. The zero-order valence-electron chi connectivity index (χ0n) is 7.17. The molecule has 0 radical (unpaired) electrons. The molecule has 11 heavy (non-hydrogen) atoms. The molecular formula is C9H15N2+. The molecule has 0 amide bonds. The van der Waals surface area contributed by atoms with Crippen molar-refractivity contribution in [2.45, 2.75) is 6.42 Å². The van der Waals surface area contributed by atoms with Gasteiger partial charge in [-0.1, -0.05) is 6.07 Å². The van der Waals surface area contributed by atoms with E-state index in [0.29, 0.717) is 0 Å². The van der Waals surface area contributed by atoms with Crippen LogP contribution in [0, 0.1) is 0 Å². The number of nitrogens with one attached hydrogen (secondary N) is 1. The molecule has 60 valence electrons. The lowest BCUT2D eigenvalue weighted by Gasteiger charge is -2.05. The minimum atomic E-state index is 1.07. The molecule has 2 heteroatoms. The Labute approximate surface area is 67.9 Å². The maximum atomic E-state index is 4.24. The van der Waals surface area contributed by atoms with Gasteiger partial charge in [-0.2, -0.15) is 0 Å². The topological polar surface area (TPSA) is 17.3 Å². The number of hydrogen-bond acceptors (Lipinski definition) is 1. The SMILES string of the molecule is C[NH+](C)CCc1ccccn1. The molecule has 1 aromatic rings. The summed E-state index contributed by atoms with van der Waals surface area (Å²) in [6, 6.07) is 6.06. The summed E-state index contributed by atoms with van der Waals surface area (Å²) in [5.41, 5.74) is 1.19. The van der Waals surface area contributed by atoms with E-state index in [9.17, 15) is 0 Å². The van der Waals surface area contributed by atoms with Crippen molar-refractivity contribution in [2.75, 3.05) is 20.6 Å². The van der Waals surface area contributed by atoms with Crippen molar-refractivity contribution in [1.82, 2.24) is 4.98 Å². The molecule has 1 rings (SSSR count). The first-order chi connectivity index (χ1) is 5.29. The van der Waals surface area contributed by atoms with Gasteiger partial charge in [0.1, 0.15) is 0 Å². The third-order valence-electron chi connectivity index (χ3n) is 1.61. The molecule has 0 aliphatic rings. The maximum Gasteiger partial charge on any atom is 0.0823 e. The van der Waals surface area contributed by atoms with Gasteiger partial charge in [-0.05, 0) is 12.1 Å². The molecule has 0 fully saturated rings. The van der Waals surface area contributed by atoms with Gasteiger partial charge in [-0.3, -0.25) is 4.98 Å². The van der Waals surface area contributed by atoms with Gasteiger partial charge in [0, 0.05) is 18.3 Å². The second kappa shape index (κ2) is 4.09. The largest absolute Gasteiger partial charge is 0.339 e. The van der Waals surface area contributed by atoms with Crippen molar-refractivity contribution < 1.29 is 4.90 Å². The molecule has 0 aromatic carbocycles. The number of rotatable bonds is 3. The fourth-order valence-electron chi connectivity index (χ4n) is 0.924. The highest BCUT2D eigenvalue weighted by Crippen LogP contribution is 1.91. The lowest BCUT2D eigenvalue weighted by molar-refractivity contribution is -0.858.